The maximum Gasteiger partial charge on any atom is 0.485 e. The van der Waals surface area contributed by atoms with Crippen molar-refractivity contribution in [3.05, 3.63) is 35.4 Å². The lowest BCUT2D eigenvalue weighted by Crippen LogP contribution is -2.37. The molecule has 2 rings (SSSR count). The van der Waals surface area contributed by atoms with Crippen LogP contribution in [0.5, 0.6) is 0 Å². The van der Waals surface area contributed by atoms with E-state index in [1.54, 1.807) is 0 Å². The Hall–Kier alpha value is -1.19. The van der Waals surface area contributed by atoms with Crippen molar-refractivity contribution < 1.29 is 30.7 Å². The molecule has 0 spiro atoms. The van der Waals surface area contributed by atoms with E-state index in [9.17, 15) is 13.2 Å². The first-order valence-corrected chi connectivity index (χ1v) is 12.1. The second-order valence-corrected chi connectivity index (χ2v) is 13.3. The van der Waals surface area contributed by atoms with Crippen LogP contribution in [0, 0.1) is 0 Å². The quantitative estimate of drug-likeness (QED) is 0.349. The van der Waals surface area contributed by atoms with Gasteiger partial charge in [-0.3, -0.25) is 0 Å². The molecule has 4 nitrogen and oxygen atoms in total. The number of alkyl halides is 3. The molecule has 0 atom stereocenters. The molecule has 0 aliphatic carbocycles. The van der Waals surface area contributed by atoms with Gasteiger partial charge < -0.3 is 4.55 Å². The van der Waals surface area contributed by atoms with Gasteiger partial charge in [-0.05, 0) is 11.6 Å². The van der Waals surface area contributed by atoms with Crippen LogP contribution >= 0.6 is 0 Å². The van der Waals surface area contributed by atoms with E-state index in [1.165, 1.54) is 30.3 Å². The van der Waals surface area contributed by atoms with Gasteiger partial charge in [0.05, 0.1) is 0 Å². The Labute approximate surface area is 135 Å². The van der Waals surface area contributed by atoms with Crippen LogP contribution in [0.25, 0.3) is 0 Å². The van der Waals surface area contributed by atoms with Gasteiger partial charge in [0.25, 0.3) is 0 Å². The molecule has 0 saturated carbocycles. The fourth-order valence-electron chi connectivity index (χ4n) is 2.15. The number of fused-ring (bicyclic) bond motifs is 1. The standard InChI is InChI=1S/C13H20NSi.CHF3O3S/c1-15(2,3)11-14-9-8-12-6-4-5-7-13(12)10-14;2-1(3,4)8(5,6)7/h4-7,10H,8-9,11H2,1-3H3;(H,5,6,7)/q+1;/p-1. The van der Waals surface area contributed by atoms with Crippen molar-refractivity contribution >= 4 is 24.4 Å². The smallest absolute Gasteiger partial charge is 0.485 e. The maximum atomic E-state index is 10.7. The van der Waals surface area contributed by atoms with E-state index >= 15 is 0 Å². The monoisotopic (exact) mass is 367 g/mol. The van der Waals surface area contributed by atoms with E-state index in [1.807, 2.05) is 0 Å². The molecule has 1 aromatic carbocycles. The van der Waals surface area contributed by atoms with Crippen LogP contribution in [0.15, 0.2) is 24.3 Å². The third kappa shape index (κ3) is 6.84. The Morgan fingerprint density at radius 1 is 1.22 bits per heavy atom. The number of halogens is 3. The minimum Gasteiger partial charge on any atom is -0.741 e. The molecule has 0 fully saturated rings. The molecule has 130 valence electrons. The van der Waals surface area contributed by atoms with Gasteiger partial charge in [-0.1, -0.05) is 37.8 Å². The molecule has 1 aromatic rings. The van der Waals surface area contributed by atoms with Gasteiger partial charge >= 0.3 is 5.51 Å². The largest absolute Gasteiger partial charge is 0.741 e. The highest BCUT2D eigenvalue weighted by Crippen LogP contribution is 2.20. The molecule has 23 heavy (non-hydrogen) atoms. The fraction of sp³-hybridized carbons (Fsp3) is 0.500. The molecule has 1 heterocycles. The molecular weight excluding hydrogens is 347 g/mol. The third-order valence-electron chi connectivity index (χ3n) is 3.01. The lowest BCUT2D eigenvalue weighted by Gasteiger charge is -2.17. The average Bonchev–Trinajstić information content (AvgIpc) is 2.35. The normalized spacial score (nSPS) is 15.2. The first-order chi connectivity index (χ1) is 10.3. The fourth-order valence-corrected chi connectivity index (χ4v) is 3.62. The van der Waals surface area contributed by atoms with Crippen LogP contribution in [0.2, 0.25) is 19.6 Å². The number of hydrogen-bond acceptors (Lipinski definition) is 3. The zero-order valence-electron chi connectivity index (χ0n) is 13.2. The minimum absolute atomic E-state index is 0.971. The molecule has 0 aromatic heterocycles. The van der Waals surface area contributed by atoms with Crippen LogP contribution in [-0.2, 0) is 16.5 Å². The molecule has 0 unspecified atom stereocenters. The predicted octanol–water partition coefficient (Wildman–Crippen LogP) is 2.60. The Morgan fingerprint density at radius 3 is 2.22 bits per heavy atom. The third-order valence-corrected chi connectivity index (χ3v) is 4.93. The van der Waals surface area contributed by atoms with Crippen molar-refractivity contribution in [2.24, 2.45) is 0 Å². The molecule has 0 N–H and O–H groups in total. The Kier molecular flexibility index (Phi) is 6.16. The van der Waals surface area contributed by atoms with E-state index in [-0.39, 0.29) is 0 Å². The molecule has 1 aliphatic rings. The Balaban J connectivity index is 0.000000284. The van der Waals surface area contributed by atoms with Gasteiger partial charge in [-0.2, -0.15) is 13.2 Å². The van der Waals surface area contributed by atoms with Gasteiger partial charge in [-0.25, -0.2) is 13.0 Å². The Bertz CT molecular complexity index is 679. The zero-order valence-corrected chi connectivity index (χ0v) is 15.0. The molecule has 0 bridgehead atoms. The predicted molar refractivity (Wildman–Crippen MR) is 84.4 cm³/mol. The summed E-state index contributed by atoms with van der Waals surface area (Å²) < 4.78 is 61.4. The zero-order chi connectivity index (χ0) is 17.9. The summed E-state index contributed by atoms with van der Waals surface area (Å²) in [5.41, 5.74) is -2.72. The summed E-state index contributed by atoms with van der Waals surface area (Å²) in [5.74, 6) is 0. The highest BCUT2D eigenvalue weighted by molar-refractivity contribution is 7.86. The lowest BCUT2D eigenvalue weighted by atomic mass is 10.0. The summed E-state index contributed by atoms with van der Waals surface area (Å²) in [4.78, 5) is 0. The van der Waals surface area contributed by atoms with E-state index in [4.69, 9.17) is 13.0 Å². The van der Waals surface area contributed by atoms with Crippen molar-refractivity contribution in [3.8, 4) is 0 Å². The number of benzene rings is 1. The van der Waals surface area contributed by atoms with Gasteiger partial charge in [-0.15, -0.1) is 0 Å². The Morgan fingerprint density at radius 2 is 1.74 bits per heavy atom. The van der Waals surface area contributed by atoms with Gasteiger partial charge in [0.2, 0.25) is 0 Å². The molecule has 9 heteroatoms. The van der Waals surface area contributed by atoms with Gasteiger partial charge in [0, 0.05) is 12.0 Å². The molecule has 0 amide bonds. The lowest BCUT2D eigenvalue weighted by molar-refractivity contribution is -0.508. The highest BCUT2D eigenvalue weighted by Gasteiger charge is 2.36. The van der Waals surface area contributed by atoms with Crippen LogP contribution in [0.1, 0.15) is 11.1 Å². The first kappa shape index (κ1) is 19.9. The van der Waals surface area contributed by atoms with Crippen molar-refractivity contribution in [2.45, 2.75) is 31.6 Å². The van der Waals surface area contributed by atoms with Crippen molar-refractivity contribution in [3.63, 3.8) is 0 Å². The average molecular weight is 367 g/mol. The topological polar surface area (TPSA) is 60.2 Å². The van der Waals surface area contributed by atoms with Crippen LogP contribution < -0.4 is 0 Å². The number of hydrogen-bond donors (Lipinski definition) is 0. The summed E-state index contributed by atoms with van der Waals surface area (Å²) in [7, 11) is -7.06. The van der Waals surface area contributed by atoms with E-state index in [0.717, 1.165) is 0 Å². The van der Waals surface area contributed by atoms with E-state index < -0.39 is 23.7 Å². The summed E-state index contributed by atoms with van der Waals surface area (Å²) in [6, 6.07) is 8.75. The van der Waals surface area contributed by atoms with Crippen LogP contribution in [-0.4, -0.2) is 50.1 Å². The first-order valence-electron chi connectivity index (χ1n) is 6.98. The summed E-state index contributed by atoms with van der Waals surface area (Å²) in [6.07, 6.45) is 4.83. The second-order valence-electron chi connectivity index (χ2n) is 6.51. The SMILES string of the molecule is C[Si](C)(C)C[N+]1=Cc2ccccc2CC1.O=S(=O)([O-])C(F)(F)F. The summed E-state index contributed by atoms with van der Waals surface area (Å²) >= 11 is 0. The highest BCUT2D eigenvalue weighted by atomic mass is 32.2. The summed E-state index contributed by atoms with van der Waals surface area (Å²) in [5, 5.41) is 0. The maximum absolute atomic E-state index is 10.7. The number of nitrogens with zero attached hydrogens (tertiary/aromatic N) is 1. The summed E-state index contributed by atoms with van der Waals surface area (Å²) in [6.45, 7) is 8.49. The molecular formula is C14H20F3NO3SSi. The molecule has 0 saturated heterocycles. The molecule has 0 radical (unpaired) electrons. The second kappa shape index (κ2) is 7.14. The minimum atomic E-state index is -6.09. The van der Waals surface area contributed by atoms with Crippen LogP contribution in [0.4, 0.5) is 13.2 Å². The van der Waals surface area contributed by atoms with E-state index in [2.05, 4.69) is 54.7 Å². The van der Waals surface area contributed by atoms with E-state index in [0.29, 0.717) is 0 Å². The molecule has 1 aliphatic heterocycles. The number of rotatable bonds is 2. The van der Waals surface area contributed by atoms with Crippen molar-refractivity contribution in [1.29, 1.82) is 0 Å². The van der Waals surface area contributed by atoms with Gasteiger partial charge in [0.15, 0.2) is 16.3 Å². The van der Waals surface area contributed by atoms with Crippen molar-refractivity contribution in [1.82, 2.24) is 0 Å². The van der Waals surface area contributed by atoms with Crippen LogP contribution in [0.3, 0.4) is 0 Å². The van der Waals surface area contributed by atoms with Gasteiger partial charge in [0.1, 0.15) is 20.8 Å². The van der Waals surface area contributed by atoms with Crippen molar-refractivity contribution in [2.75, 3.05) is 12.7 Å².